The molecule has 2 aliphatic carbocycles. The van der Waals surface area contributed by atoms with Gasteiger partial charge < -0.3 is 9.47 Å². The summed E-state index contributed by atoms with van der Waals surface area (Å²) in [5, 5.41) is 2.49. The summed E-state index contributed by atoms with van der Waals surface area (Å²) in [6, 6.07) is 68.1. The van der Waals surface area contributed by atoms with Crippen LogP contribution in [0.1, 0.15) is 76.6 Å². The van der Waals surface area contributed by atoms with Crippen molar-refractivity contribution in [3.8, 4) is 39.1 Å². The zero-order chi connectivity index (χ0) is 41.7. The van der Waals surface area contributed by atoms with E-state index in [-0.39, 0.29) is 16.2 Å². The summed E-state index contributed by atoms with van der Waals surface area (Å²) in [5.41, 5.74) is 20.4. The lowest BCUT2D eigenvalue weighted by molar-refractivity contribution is 0.332. The SMILES string of the molecule is CC1(C)CCC(C)(C)c2cc(-n3c4ccc(-c5ccccc5)cc4c4cc(N(c5ccc(-c6ccccc6)cc5)c5ccc6c(c5)C(C)(C)c5ccccc5-6)ccc43)ccc21. The predicted octanol–water partition coefficient (Wildman–Crippen LogP) is 16.2. The Labute approximate surface area is 360 Å². The summed E-state index contributed by atoms with van der Waals surface area (Å²) in [6.45, 7) is 14.4. The van der Waals surface area contributed by atoms with E-state index in [1.165, 1.54) is 96.0 Å². The Hall–Kier alpha value is -6.64. The van der Waals surface area contributed by atoms with Gasteiger partial charge in [0.1, 0.15) is 0 Å². The maximum Gasteiger partial charge on any atom is 0.0542 e. The Morgan fingerprint density at radius 2 is 0.902 bits per heavy atom. The zero-order valence-corrected chi connectivity index (χ0v) is 36.1. The molecule has 0 unspecified atom stereocenters. The fraction of sp³-hybridized carbons (Fsp3) is 0.186. The number of hydrogen-bond acceptors (Lipinski definition) is 1. The van der Waals surface area contributed by atoms with Gasteiger partial charge in [-0.25, -0.2) is 0 Å². The number of benzene rings is 8. The molecule has 9 aromatic rings. The molecule has 1 aromatic heterocycles. The molecule has 0 amide bonds. The van der Waals surface area contributed by atoms with Crippen molar-refractivity contribution >= 4 is 38.9 Å². The van der Waals surface area contributed by atoms with Crippen LogP contribution in [0.5, 0.6) is 0 Å². The maximum absolute atomic E-state index is 2.51. The van der Waals surface area contributed by atoms with Gasteiger partial charge >= 0.3 is 0 Å². The van der Waals surface area contributed by atoms with Gasteiger partial charge in [0.15, 0.2) is 0 Å². The Bertz CT molecular complexity index is 3140. The standard InChI is InChI=1S/C59H52N2/c1-57(2)33-34-58(3,4)54-38-46(27-30-52(54)57)61-55-31-23-42(40-17-11-8-12-18-40)35-49(55)50-36-44(28-32-56(50)61)60(43-24-21-41(22-25-43)39-15-9-7-10-16-39)45-26-29-48-47-19-13-14-20-51(47)59(5,6)53(48)37-45/h7-32,35-38H,33-34H2,1-6H3. The van der Waals surface area contributed by atoms with Crippen molar-refractivity contribution in [1.82, 2.24) is 4.57 Å². The van der Waals surface area contributed by atoms with Crippen LogP contribution < -0.4 is 4.90 Å². The number of hydrogen-bond donors (Lipinski definition) is 0. The van der Waals surface area contributed by atoms with Crippen LogP contribution in [0.25, 0.3) is 60.9 Å². The molecule has 61 heavy (non-hydrogen) atoms. The smallest absolute Gasteiger partial charge is 0.0542 e. The molecule has 0 aliphatic heterocycles. The van der Waals surface area contributed by atoms with Gasteiger partial charge in [0.2, 0.25) is 0 Å². The van der Waals surface area contributed by atoms with Crippen molar-refractivity contribution in [3.05, 3.63) is 204 Å². The van der Waals surface area contributed by atoms with Crippen LogP contribution in [0.2, 0.25) is 0 Å². The molecule has 298 valence electrons. The van der Waals surface area contributed by atoms with Crippen LogP contribution in [0.4, 0.5) is 17.1 Å². The first-order valence-corrected chi connectivity index (χ1v) is 22.0. The highest BCUT2D eigenvalue weighted by atomic mass is 15.1. The van der Waals surface area contributed by atoms with Crippen LogP contribution in [-0.4, -0.2) is 4.57 Å². The molecule has 0 spiro atoms. The second-order valence-corrected chi connectivity index (χ2v) is 19.3. The largest absolute Gasteiger partial charge is 0.310 e. The first-order valence-electron chi connectivity index (χ1n) is 22.0. The molecular formula is C59H52N2. The zero-order valence-electron chi connectivity index (χ0n) is 36.1. The average Bonchev–Trinajstić information content (AvgIpc) is 3.73. The molecule has 0 atom stereocenters. The lowest BCUT2D eigenvalue weighted by Crippen LogP contribution is -2.33. The quantitative estimate of drug-likeness (QED) is 0.163. The Balaban J connectivity index is 1.13. The van der Waals surface area contributed by atoms with Crippen LogP contribution >= 0.6 is 0 Å². The third kappa shape index (κ3) is 5.98. The number of nitrogens with zero attached hydrogens (tertiary/aromatic N) is 2. The highest BCUT2D eigenvalue weighted by Gasteiger charge is 2.38. The summed E-state index contributed by atoms with van der Waals surface area (Å²) in [4.78, 5) is 2.46. The van der Waals surface area contributed by atoms with Crippen molar-refractivity contribution in [2.24, 2.45) is 0 Å². The summed E-state index contributed by atoms with van der Waals surface area (Å²) in [5.74, 6) is 0. The average molecular weight is 789 g/mol. The molecule has 2 heteroatoms. The van der Waals surface area contributed by atoms with Gasteiger partial charge in [0, 0.05) is 38.9 Å². The maximum atomic E-state index is 2.51. The number of aromatic nitrogens is 1. The minimum absolute atomic E-state index is 0.107. The van der Waals surface area contributed by atoms with E-state index in [0.717, 1.165) is 17.1 Å². The van der Waals surface area contributed by atoms with Gasteiger partial charge in [-0.3, -0.25) is 0 Å². The minimum atomic E-state index is -0.116. The molecule has 0 radical (unpaired) electrons. The van der Waals surface area contributed by atoms with Crippen molar-refractivity contribution in [2.45, 2.75) is 70.6 Å². The van der Waals surface area contributed by atoms with E-state index < -0.39 is 0 Å². The third-order valence-corrected chi connectivity index (χ3v) is 14.3. The first-order chi connectivity index (χ1) is 29.5. The number of fused-ring (bicyclic) bond motifs is 7. The molecule has 0 saturated heterocycles. The highest BCUT2D eigenvalue weighted by Crippen LogP contribution is 2.52. The van der Waals surface area contributed by atoms with Gasteiger partial charge in [0.25, 0.3) is 0 Å². The van der Waals surface area contributed by atoms with E-state index in [9.17, 15) is 0 Å². The Morgan fingerprint density at radius 1 is 0.377 bits per heavy atom. The fourth-order valence-electron chi connectivity index (χ4n) is 10.7. The highest BCUT2D eigenvalue weighted by molar-refractivity contribution is 6.12. The van der Waals surface area contributed by atoms with E-state index in [2.05, 4.69) is 233 Å². The van der Waals surface area contributed by atoms with E-state index in [4.69, 9.17) is 0 Å². The molecule has 1 heterocycles. The second-order valence-electron chi connectivity index (χ2n) is 19.3. The lowest BCUT2D eigenvalue weighted by atomic mass is 9.63. The molecule has 8 aromatic carbocycles. The third-order valence-electron chi connectivity index (χ3n) is 14.3. The molecule has 0 fully saturated rings. The van der Waals surface area contributed by atoms with Crippen molar-refractivity contribution in [3.63, 3.8) is 0 Å². The van der Waals surface area contributed by atoms with Gasteiger partial charge in [-0.2, -0.15) is 0 Å². The monoisotopic (exact) mass is 788 g/mol. The molecule has 2 nitrogen and oxygen atoms in total. The summed E-state index contributed by atoms with van der Waals surface area (Å²) in [7, 11) is 0. The number of rotatable bonds is 6. The van der Waals surface area contributed by atoms with Crippen molar-refractivity contribution in [1.29, 1.82) is 0 Å². The molecular weight excluding hydrogens is 737 g/mol. The molecule has 2 aliphatic rings. The Kier molecular flexibility index (Phi) is 8.39. The van der Waals surface area contributed by atoms with E-state index in [0.29, 0.717) is 0 Å². The molecule has 0 bridgehead atoms. The predicted molar refractivity (Wildman–Crippen MR) is 259 cm³/mol. The van der Waals surface area contributed by atoms with Crippen LogP contribution in [0.3, 0.4) is 0 Å². The van der Waals surface area contributed by atoms with E-state index in [1.807, 2.05) is 0 Å². The second kappa shape index (κ2) is 13.7. The fourth-order valence-corrected chi connectivity index (χ4v) is 10.7. The van der Waals surface area contributed by atoms with E-state index in [1.54, 1.807) is 0 Å². The van der Waals surface area contributed by atoms with Crippen molar-refractivity contribution < 1.29 is 0 Å². The molecule has 0 saturated carbocycles. The van der Waals surface area contributed by atoms with Crippen LogP contribution in [0.15, 0.2) is 182 Å². The van der Waals surface area contributed by atoms with Crippen LogP contribution in [-0.2, 0) is 16.2 Å². The lowest BCUT2D eigenvalue weighted by Gasteiger charge is -2.42. The van der Waals surface area contributed by atoms with Crippen molar-refractivity contribution in [2.75, 3.05) is 4.90 Å². The van der Waals surface area contributed by atoms with Gasteiger partial charge in [-0.1, -0.05) is 157 Å². The molecule has 11 rings (SSSR count). The molecule has 0 N–H and O–H groups in total. The van der Waals surface area contributed by atoms with Gasteiger partial charge in [0.05, 0.1) is 11.0 Å². The first kappa shape index (κ1) is 37.4. The Morgan fingerprint density at radius 3 is 1.62 bits per heavy atom. The van der Waals surface area contributed by atoms with Crippen LogP contribution in [0, 0.1) is 0 Å². The summed E-state index contributed by atoms with van der Waals surface area (Å²) in [6.07, 6.45) is 2.38. The summed E-state index contributed by atoms with van der Waals surface area (Å²) >= 11 is 0. The minimum Gasteiger partial charge on any atom is -0.310 e. The topological polar surface area (TPSA) is 8.17 Å². The number of anilines is 3. The normalized spacial score (nSPS) is 15.6. The van der Waals surface area contributed by atoms with Gasteiger partial charge in [-0.05, 0) is 146 Å². The van der Waals surface area contributed by atoms with E-state index >= 15 is 0 Å². The summed E-state index contributed by atoms with van der Waals surface area (Å²) < 4.78 is 2.51. The van der Waals surface area contributed by atoms with Gasteiger partial charge in [-0.15, -0.1) is 0 Å².